The normalized spacial score (nSPS) is 18.1. The smallest absolute Gasteiger partial charge is 0.0843 e. The molecule has 106 valence electrons. The second-order valence-corrected chi connectivity index (χ2v) is 9.47. The molecule has 0 saturated heterocycles. The summed E-state index contributed by atoms with van der Waals surface area (Å²) in [5, 5.41) is 4.48. The van der Waals surface area contributed by atoms with Crippen LogP contribution in [0.1, 0.15) is 22.9 Å². The number of halogens is 3. The van der Waals surface area contributed by atoms with Crippen molar-refractivity contribution in [3.05, 3.63) is 48.0 Å². The summed E-state index contributed by atoms with van der Waals surface area (Å²) in [4.78, 5) is 2.68. The van der Waals surface area contributed by atoms with E-state index in [1.54, 1.807) is 11.3 Å². The molecule has 1 nitrogen and oxygen atoms in total. The fraction of sp³-hybridized carbons (Fsp3) is 0.286. The Balaban J connectivity index is 1.74. The first kappa shape index (κ1) is 15.4. The maximum atomic E-state index is 6.14. The number of rotatable bonds is 3. The Morgan fingerprint density at radius 1 is 1.30 bits per heavy atom. The minimum atomic E-state index is 0.393. The number of hydrogen-bond acceptors (Lipinski definition) is 3. The fourth-order valence-corrected chi connectivity index (χ4v) is 5.69. The van der Waals surface area contributed by atoms with Gasteiger partial charge >= 0.3 is 0 Å². The average molecular weight is 454 g/mol. The molecule has 1 atom stereocenters. The Hall–Kier alpha value is 0.480. The van der Waals surface area contributed by atoms with Crippen LogP contribution in [0.4, 0.5) is 0 Å². The van der Waals surface area contributed by atoms with E-state index in [0.717, 1.165) is 32.0 Å². The lowest BCUT2D eigenvalue weighted by molar-refractivity contribution is 0.513. The van der Waals surface area contributed by atoms with E-state index in [1.165, 1.54) is 15.3 Å². The van der Waals surface area contributed by atoms with Gasteiger partial charge in [-0.15, -0.1) is 23.1 Å². The first-order valence-corrected chi connectivity index (χ1v) is 9.99. The Bertz CT molecular complexity index is 610. The van der Waals surface area contributed by atoms with Crippen LogP contribution in [0.3, 0.4) is 0 Å². The lowest BCUT2D eigenvalue weighted by atomic mass is 10.0. The highest BCUT2D eigenvalue weighted by atomic mass is 79.9. The van der Waals surface area contributed by atoms with Crippen molar-refractivity contribution in [3.8, 4) is 0 Å². The van der Waals surface area contributed by atoms with Crippen molar-refractivity contribution in [1.29, 1.82) is 0 Å². The summed E-state index contributed by atoms with van der Waals surface area (Å²) in [6, 6.07) is 8.77. The number of benzene rings is 1. The van der Waals surface area contributed by atoms with E-state index in [2.05, 4.69) is 55.4 Å². The first-order chi connectivity index (χ1) is 9.63. The van der Waals surface area contributed by atoms with Gasteiger partial charge in [-0.2, -0.15) is 0 Å². The number of hydrogen-bond donors (Lipinski definition) is 1. The molecule has 0 amide bonds. The van der Waals surface area contributed by atoms with Crippen LogP contribution in [-0.4, -0.2) is 5.75 Å². The van der Waals surface area contributed by atoms with Crippen molar-refractivity contribution in [1.82, 2.24) is 5.32 Å². The van der Waals surface area contributed by atoms with Gasteiger partial charge in [0.25, 0.3) is 0 Å². The summed E-state index contributed by atoms with van der Waals surface area (Å²) >= 11 is 16.9. The molecule has 2 heterocycles. The topological polar surface area (TPSA) is 12.0 Å². The van der Waals surface area contributed by atoms with Gasteiger partial charge in [0.05, 0.1) is 3.79 Å². The Labute approximate surface area is 148 Å². The number of fused-ring (bicyclic) bond motifs is 1. The second kappa shape index (κ2) is 6.71. The molecule has 2 aromatic rings. The maximum absolute atomic E-state index is 6.14. The van der Waals surface area contributed by atoms with E-state index in [-0.39, 0.29) is 0 Å². The van der Waals surface area contributed by atoms with E-state index in [1.807, 2.05) is 17.8 Å². The predicted molar refractivity (Wildman–Crippen MR) is 96.1 cm³/mol. The number of nitrogens with one attached hydrogen (secondary N) is 1. The third-order valence-corrected chi connectivity index (χ3v) is 7.84. The van der Waals surface area contributed by atoms with E-state index in [0.29, 0.717) is 6.04 Å². The molecule has 1 aliphatic heterocycles. The average Bonchev–Trinajstić information content (AvgIpc) is 2.75. The molecular formula is C14H12Br2ClNS2. The van der Waals surface area contributed by atoms with Gasteiger partial charge in [0, 0.05) is 31.9 Å². The molecule has 0 spiro atoms. The van der Waals surface area contributed by atoms with Gasteiger partial charge in [-0.1, -0.05) is 11.6 Å². The molecule has 6 heteroatoms. The quantitative estimate of drug-likeness (QED) is 0.589. The van der Waals surface area contributed by atoms with Crippen LogP contribution in [0.25, 0.3) is 0 Å². The molecule has 1 aromatic carbocycles. The molecule has 1 N–H and O–H groups in total. The van der Waals surface area contributed by atoms with Crippen molar-refractivity contribution >= 4 is 66.6 Å². The molecule has 0 fully saturated rings. The molecule has 0 aliphatic carbocycles. The van der Waals surface area contributed by atoms with Crippen LogP contribution in [0.15, 0.2) is 37.4 Å². The molecule has 0 saturated carbocycles. The SMILES string of the molecule is Clc1ccc2c(c1)C(NCc1cc(Br)c(Br)s1)CCS2. The summed E-state index contributed by atoms with van der Waals surface area (Å²) in [7, 11) is 0. The van der Waals surface area contributed by atoms with Crippen LogP contribution in [0.2, 0.25) is 5.02 Å². The largest absolute Gasteiger partial charge is 0.305 e. The van der Waals surface area contributed by atoms with Gasteiger partial charge < -0.3 is 5.32 Å². The zero-order valence-corrected chi connectivity index (χ0v) is 16.0. The van der Waals surface area contributed by atoms with Crippen molar-refractivity contribution in [2.75, 3.05) is 5.75 Å². The lowest BCUT2D eigenvalue weighted by Gasteiger charge is -2.26. The highest BCUT2D eigenvalue weighted by molar-refractivity contribution is 9.13. The number of thioether (sulfide) groups is 1. The minimum Gasteiger partial charge on any atom is -0.305 e. The van der Waals surface area contributed by atoms with Crippen LogP contribution < -0.4 is 5.32 Å². The van der Waals surface area contributed by atoms with Crippen molar-refractivity contribution < 1.29 is 0 Å². The molecule has 0 bridgehead atoms. The van der Waals surface area contributed by atoms with E-state index in [9.17, 15) is 0 Å². The highest BCUT2D eigenvalue weighted by Gasteiger charge is 2.20. The van der Waals surface area contributed by atoms with Gasteiger partial charge in [0.15, 0.2) is 0 Å². The summed E-state index contributed by atoms with van der Waals surface area (Å²) in [5.41, 5.74) is 1.34. The van der Waals surface area contributed by atoms with Gasteiger partial charge in [-0.05, 0) is 73.9 Å². The van der Waals surface area contributed by atoms with Crippen molar-refractivity contribution in [2.45, 2.75) is 23.9 Å². The standard InChI is InChI=1S/C14H12Br2ClNS2/c15-11-6-9(20-14(11)16)7-18-12-3-4-19-13-2-1-8(17)5-10(12)13/h1-2,5-6,12,18H,3-4,7H2. The third-order valence-electron chi connectivity index (χ3n) is 3.23. The maximum Gasteiger partial charge on any atom is 0.0843 e. The zero-order valence-electron chi connectivity index (χ0n) is 10.5. The van der Waals surface area contributed by atoms with E-state index in [4.69, 9.17) is 11.6 Å². The van der Waals surface area contributed by atoms with Crippen LogP contribution in [-0.2, 0) is 6.54 Å². The minimum absolute atomic E-state index is 0.393. The second-order valence-electron chi connectivity index (χ2n) is 4.59. The zero-order chi connectivity index (χ0) is 14.1. The molecular weight excluding hydrogens is 442 g/mol. The Morgan fingerprint density at radius 3 is 2.90 bits per heavy atom. The van der Waals surface area contributed by atoms with Gasteiger partial charge in [-0.25, -0.2) is 0 Å². The van der Waals surface area contributed by atoms with Gasteiger partial charge in [0.1, 0.15) is 0 Å². The Morgan fingerprint density at radius 2 is 2.15 bits per heavy atom. The molecule has 0 radical (unpaired) electrons. The summed E-state index contributed by atoms with van der Waals surface area (Å²) < 4.78 is 2.28. The van der Waals surface area contributed by atoms with Crippen molar-refractivity contribution in [3.63, 3.8) is 0 Å². The van der Waals surface area contributed by atoms with Crippen LogP contribution >= 0.6 is 66.6 Å². The van der Waals surface area contributed by atoms with Gasteiger partial charge in [0.2, 0.25) is 0 Å². The molecule has 20 heavy (non-hydrogen) atoms. The lowest BCUT2D eigenvalue weighted by Crippen LogP contribution is -2.23. The first-order valence-electron chi connectivity index (χ1n) is 6.23. The van der Waals surface area contributed by atoms with Gasteiger partial charge in [-0.3, -0.25) is 0 Å². The number of thiophene rings is 1. The van der Waals surface area contributed by atoms with Crippen LogP contribution in [0, 0.1) is 0 Å². The molecule has 3 rings (SSSR count). The van der Waals surface area contributed by atoms with Crippen LogP contribution in [0.5, 0.6) is 0 Å². The molecule has 1 aliphatic rings. The predicted octanol–water partition coefficient (Wildman–Crippen LogP) is 6.25. The highest BCUT2D eigenvalue weighted by Crippen LogP contribution is 2.38. The monoisotopic (exact) mass is 451 g/mol. The fourth-order valence-electron chi connectivity index (χ4n) is 2.28. The molecule has 1 unspecified atom stereocenters. The van der Waals surface area contributed by atoms with E-state index < -0.39 is 0 Å². The van der Waals surface area contributed by atoms with Crippen molar-refractivity contribution in [2.24, 2.45) is 0 Å². The summed E-state index contributed by atoms with van der Waals surface area (Å²) in [5.74, 6) is 1.16. The van der Waals surface area contributed by atoms with E-state index >= 15 is 0 Å². The third kappa shape index (κ3) is 3.45. The Kier molecular flexibility index (Phi) is 5.16. The summed E-state index contributed by atoms with van der Waals surface area (Å²) in [6.45, 7) is 0.885. The molecule has 1 aromatic heterocycles. The summed E-state index contributed by atoms with van der Waals surface area (Å²) in [6.07, 6.45) is 1.14.